The number of aromatic nitrogens is 2. The molecule has 0 fully saturated rings. The predicted octanol–water partition coefficient (Wildman–Crippen LogP) is 2.77. The number of aryl methyl sites for hydroxylation is 1. The molecular weight excluding hydrogens is 436 g/mol. The molecule has 0 bridgehead atoms. The van der Waals surface area contributed by atoms with Crippen molar-refractivity contribution in [3.63, 3.8) is 0 Å². The maximum absolute atomic E-state index is 12.5. The number of alkyl carbamates (subject to hydrolysis) is 1. The average molecular weight is 463 g/mol. The lowest BCUT2D eigenvalue weighted by atomic mass is 9.98. The Kier molecular flexibility index (Phi) is 7.22. The van der Waals surface area contributed by atoms with E-state index >= 15 is 0 Å². The molecule has 3 aromatic rings. The van der Waals surface area contributed by atoms with Crippen molar-refractivity contribution in [3.8, 4) is 11.1 Å². The van der Waals surface area contributed by atoms with Crippen LogP contribution in [0.4, 0.5) is 4.79 Å². The maximum Gasteiger partial charge on any atom is 0.407 e. The number of aliphatic carboxylic acids is 1. The normalized spacial score (nSPS) is 12.9. The van der Waals surface area contributed by atoms with Crippen LogP contribution in [0.1, 0.15) is 29.9 Å². The van der Waals surface area contributed by atoms with Gasteiger partial charge in [0.05, 0.1) is 6.42 Å². The summed E-state index contributed by atoms with van der Waals surface area (Å²) >= 11 is 0. The van der Waals surface area contributed by atoms with Crippen molar-refractivity contribution in [3.05, 3.63) is 78.1 Å². The molecule has 176 valence electrons. The average Bonchev–Trinajstić information content (AvgIpc) is 3.46. The zero-order chi connectivity index (χ0) is 23.9. The number of nitrogens with zero attached hydrogens (tertiary/aromatic N) is 2. The van der Waals surface area contributed by atoms with Gasteiger partial charge in [-0.1, -0.05) is 48.5 Å². The van der Waals surface area contributed by atoms with E-state index in [0.717, 1.165) is 22.3 Å². The fourth-order valence-electron chi connectivity index (χ4n) is 4.17. The van der Waals surface area contributed by atoms with Crippen molar-refractivity contribution in [1.29, 1.82) is 0 Å². The first-order valence-corrected chi connectivity index (χ1v) is 11.1. The lowest BCUT2D eigenvalue weighted by Crippen LogP contribution is -2.48. The van der Waals surface area contributed by atoms with Gasteiger partial charge in [0.2, 0.25) is 5.91 Å². The molecule has 1 atom stereocenters. The van der Waals surface area contributed by atoms with Gasteiger partial charge in [-0.25, -0.2) is 4.79 Å². The van der Waals surface area contributed by atoms with Gasteiger partial charge in [0.15, 0.2) is 0 Å². The van der Waals surface area contributed by atoms with Gasteiger partial charge in [-0.05, 0) is 34.7 Å². The highest BCUT2D eigenvalue weighted by Gasteiger charge is 2.30. The van der Waals surface area contributed by atoms with Crippen LogP contribution >= 0.6 is 0 Å². The molecule has 1 aromatic heterocycles. The second-order valence-corrected chi connectivity index (χ2v) is 8.03. The van der Waals surface area contributed by atoms with Gasteiger partial charge in [-0.3, -0.25) is 14.3 Å². The van der Waals surface area contributed by atoms with E-state index in [2.05, 4.69) is 15.7 Å². The molecule has 0 saturated carbocycles. The number of benzene rings is 2. The maximum atomic E-state index is 12.5. The summed E-state index contributed by atoms with van der Waals surface area (Å²) in [5.41, 5.74) is 4.33. The van der Waals surface area contributed by atoms with Gasteiger partial charge in [-0.15, -0.1) is 0 Å². The minimum atomic E-state index is -1.24. The minimum absolute atomic E-state index is 0.0745. The topological polar surface area (TPSA) is 123 Å². The van der Waals surface area contributed by atoms with E-state index in [9.17, 15) is 19.5 Å². The lowest BCUT2D eigenvalue weighted by Gasteiger charge is -2.18. The highest BCUT2D eigenvalue weighted by molar-refractivity contribution is 5.89. The van der Waals surface area contributed by atoms with Gasteiger partial charge in [0.1, 0.15) is 12.6 Å². The molecule has 2 amide bonds. The Balaban J connectivity index is 1.32. The summed E-state index contributed by atoms with van der Waals surface area (Å²) in [6.07, 6.45) is 2.71. The Labute approximate surface area is 196 Å². The third kappa shape index (κ3) is 5.43. The Bertz CT molecular complexity index is 1120. The number of rotatable bonds is 10. The van der Waals surface area contributed by atoms with Crippen LogP contribution in [-0.2, 0) is 20.9 Å². The zero-order valence-corrected chi connectivity index (χ0v) is 18.5. The Hall–Kier alpha value is -4.14. The van der Waals surface area contributed by atoms with Crippen LogP contribution in [0.2, 0.25) is 0 Å². The standard InChI is InChI=1S/C25H26N4O5/c30-23(31)15-22(24(32)26-11-5-13-29-14-6-12-27-29)28-25(33)34-16-21-19-9-3-1-7-17(19)18-8-2-4-10-20(18)21/h1-4,6-10,12,14,21-22H,5,11,13,15-16H2,(H,26,32)(H,28,33)(H,30,31). The number of hydrogen-bond acceptors (Lipinski definition) is 5. The molecule has 0 aliphatic heterocycles. The summed E-state index contributed by atoms with van der Waals surface area (Å²) in [6, 6.07) is 16.5. The highest BCUT2D eigenvalue weighted by Crippen LogP contribution is 2.44. The van der Waals surface area contributed by atoms with Gasteiger partial charge < -0.3 is 20.5 Å². The van der Waals surface area contributed by atoms with E-state index in [0.29, 0.717) is 19.5 Å². The zero-order valence-electron chi connectivity index (χ0n) is 18.5. The van der Waals surface area contributed by atoms with Crippen LogP contribution in [0, 0.1) is 0 Å². The van der Waals surface area contributed by atoms with E-state index in [4.69, 9.17) is 4.74 Å². The Morgan fingerprint density at radius 1 is 1.03 bits per heavy atom. The summed E-state index contributed by atoms with van der Waals surface area (Å²) in [7, 11) is 0. The fraction of sp³-hybridized carbons (Fsp3) is 0.280. The predicted molar refractivity (Wildman–Crippen MR) is 124 cm³/mol. The fourth-order valence-corrected chi connectivity index (χ4v) is 4.17. The van der Waals surface area contributed by atoms with Crippen LogP contribution in [-0.4, -0.2) is 52.1 Å². The van der Waals surface area contributed by atoms with Crippen molar-refractivity contribution in [2.75, 3.05) is 13.2 Å². The lowest BCUT2D eigenvalue weighted by molar-refractivity contribution is -0.139. The van der Waals surface area contributed by atoms with E-state index in [1.54, 1.807) is 16.9 Å². The number of carbonyl (C=O) groups is 3. The molecule has 34 heavy (non-hydrogen) atoms. The molecule has 0 radical (unpaired) electrons. The van der Waals surface area contributed by atoms with Gasteiger partial charge in [0, 0.05) is 31.4 Å². The molecule has 1 unspecified atom stereocenters. The van der Waals surface area contributed by atoms with Crippen molar-refractivity contribution in [1.82, 2.24) is 20.4 Å². The second-order valence-electron chi connectivity index (χ2n) is 8.03. The third-order valence-electron chi connectivity index (χ3n) is 5.75. The molecule has 1 aliphatic carbocycles. The van der Waals surface area contributed by atoms with E-state index in [1.807, 2.05) is 54.7 Å². The summed E-state index contributed by atoms with van der Waals surface area (Å²) in [5.74, 6) is -1.90. The molecule has 1 aliphatic rings. The van der Waals surface area contributed by atoms with Crippen molar-refractivity contribution < 1.29 is 24.2 Å². The van der Waals surface area contributed by atoms with Gasteiger partial charge in [0.25, 0.3) is 0 Å². The molecule has 3 N–H and O–H groups in total. The third-order valence-corrected chi connectivity index (χ3v) is 5.75. The van der Waals surface area contributed by atoms with Gasteiger partial charge in [-0.2, -0.15) is 5.10 Å². The molecular formula is C25H26N4O5. The Morgan fingerprint density at radius 3 is 2.32 bits per heavy atom. The van der Waals surface area contributed by atoms with Crippen LogP contribution in [0.5, 0.6) is 0 Å². The number of amides is 2. The molecule has 0 spiro atoms. The van der Waals surface area contributed by atoms with Crippen LogP contribution in [0.25, 0.3) is 11.1 Å². The monoisotopic (exact) mass is 462 g/mol. The molecule has 4 rings (SSSR count). The number of carboxylic acids is 1. The van der Waals surface area contributed by atoms with Gasteiger partial charge >= 0.3 is 12.1 Å². The molecule has 0 saturated heterocycles. The number of fused-ring (bicyclic) bond motifs is 3. The summed E-state index contributed by atoms with van der Waals surface area (Å²) < 4.78 is 7.17. The number of ether oxygens (including phenoxy) is 1. The molecule has 2 aromatic carbocycles. The van der Waals surface area contributed by atoms with E-state index < -0.39 is 30.4 Å². The first kappa shape index (κ1) is 23.0. The van der Waals surface area contributed by atoms with Crippen LogP contribution in [0.3, 0.4) is 0 Å². The first-order valence-electron chi connectivity index (χ1n) is 11.1. The van der Waals surface area contributed by atoms with Crippen molar-refractivity contribution in [2.45, 2.75) is 31.3 Å². The summed E-state index contributed by atoms with van der Waals surface area (Å²) in [5, 5.41) is 18.3. The van der Waals surface area contributed by atoms with Crippen LogP contribution < -0.4 is 10.6 Å². The summed E-state index contributed by atoms with van der Waals surface area (Å²) in [4.78, 5) is 36.2. The Morgan fingerprint density at radius 2 is 1.71 bits per heavy atom. The first-order chi connectivity index (χ1) is 16.5. The minimum Gasteiger partial charge on any atom is -0.481 e. The number of nitrogens with one attached hydrogen (secondary N) is 2. The van der Waals surface area contributed by atoms with E-state index in [-0.39, 0.29) is 12.5 Å². The second kappa shape index (κ2) is 10.7. The van der Waals surface area contributed by atoms with Crippen LogP contribution in [0.15, 0.2) is 67.0 Å². The molecule has 1 heterocycles. The smallest absolute Gasteiger partial charge is 0.407 e. The van der Waals surface area contributed by atoms with Crippen molar-refractivity contribution in [2.24, 2.45) is 0 Å². The number of hydrogen-bond donors (Lipinski definition) is 3. The number of carboxylic acid groups (broad SMARTS) is 1. The summed E-state index contributed by atoms with van der Waals surface area (Å²) in [6.45, 7) is 1.00. The largest absolute Gasteiger partial charge is 0.481 e. The quantitative estimate of drug-likeness (QED) is 0.398. The van der Waals surface area contributed by atoms with E-state index in [1.165, 1.54) is 0 Å². The molecule has 9 heteroatoms. The number of carbonyl (C=O) groups excluding carboxylic acids is 2. The van der Waals surface area contributed by atoms with Crippen molar-refractivity contribution >= 4 is 18.0 Å². The SMILES string of the molecule is O=C(O)CC(NC(=O)OCC1c2ccccc2-c2ccccc21)C(=O)NCCCn1cccn1. The highest BCUT2D eigenvalue weighted by atomic mass is 16.5. The molecule has 9 nitrogen and oxygen atoms in total.